The van der Waals surface area contributed by atoms with Crippen LogP contribution in [0.25, 0.3) is 0 Å². The van der Waals surface area contributed by atoms with Crippen LogP contribution in [0.1, 0.15) is 26.3 Å². The second kappa shape index (κ2) is 6.88. The Balaban J connectivity index is 2.63. The summed E-state index contributed by atoms with van der Waals surface area (Å²) in [5.74, 6) is -4.04. The van der Waals surface area contributed by atoms with E-state index >= 15 is 0 Å². The molecule has 0 saturated carbocycles. The van der Waals surface area contributed by atoms with Crippen molar-refractivity contribution in [1.82, 2.24) is 4.31 Å². The number of ether oxygens (including phenoxy) is 2. The summed E-state index contributed by atoms with van der Waals surface area (Å²) < 4.78 is 49.9. The Hall–Kier alpha value is -2.13. The minimum absolute atomic E-state index is 0.211. The summed E-state index contributed by atoms with van der Waals surface area (Å²) in [6.07, 6.45) is 0. The first-order valence-electron chi connectivity index (χ1n) is 7.53. The molecule has 1 heterocycles. The van der Waals surface area contributed by atoms with Gasteiger partial charge in [-0.25, -0.2) is 17.1 Å². The maximum absolute atomic E-state index is 14.5. The molecule has 0 amide bonds. The number of nitrogens with zero attached hydrogens (tertiary/aromatic N) is 1. The van der Waals surface area contributed by atoms with Crippen molar-refractivity contribution in [1.29, 1.82) is 0 Å². The zero-order valence-electron chi connectivity index (χ0n) is 14.5. The van der Waals surface area contributed by atoms with Crippen molar-refractivity contribution in [2.45, 2.75) is 26.4 Å². The van der Waals surface area contributed by atoms with Crippen LogP contribution in [0, 0.1) is 5.82 Å². The van der Waals surface area contributed by atoms with E-state index < -0.39 is 44.8 Å². The molecule has 2 rings (SSSR count). The third-order valence-electron chi connectivity index (χ3n) is 3.91. The number of Topliss-reactive ketones (excluding diaryl/α,β-unsaturated/α-hetero) is 1. The predicted octanol–water partition coefficient (Wildman–Crippen LogP) is 2.31. The number of carbonyl (C=O) groups excluding carboxylic acids is 2. The molecule has 0 aromatic heterocycles. The SMILES string of the molecule is CCS(=O)(=O)N(C)C1=C(OC(C)=O)C(=O)C(C)(c2cccc(Cl)c2F)O1. The maximum Gasteiger partial charge on any atom is 0.308 e. The number of hydrogen-bond donors (Lipinski definition) is 0. The number of benzene rings is 1. The molecular formula is C16H17ClFNO6S. The Labute approximate surface area is 155 Å². The molecule has 142 valence electrons. The third-order valence-corrected chi connectivity index (χ3v) is 5.94. The van der Waals surface area contributed by atoms with Gasteiger partial charge in [-0.3, -0.25) is 9.59 Å². The number of carbonyl (C=O) groups is 2. The molecule has 0 spiro atoms. The average Bonchev–Trinajstić information content (AvgIpc) is 2.82. The van der Waals surface area contributed by atoms with Gasteiger partial charge in [-0.2, -0.15) is 0 Å². The van der Waals surface area contributed by atoms with Gasteiger partial charge < -0.3 is 9.47 Å². The van der Waals surface area contributed by atoms with E-state index in [0.717, 1.165) is 14.0 Å². The second-order valence-corrected chi connectivity index (χ2v) is 8.36. The van der Waals surface area contributed by atoms with Gasteiger partial charge >= 0.3 is 5.97 Å². The van der Waals surface area contributed by atoms with E-state index in [9.17, 15) is 22.4 Å². The van der Waals surface area contributed by atoms with Gasteiger partial charge in [0.25, 0.3) is 11.7 Å². The highest BCUT2D eigenvalue weighted by Gasteiger charge is 2.53. The topological polar surface area (TPSA) is 90.0 Å². The van der Waals surface area contributed by atoms with E-state index in [1.807, 2.05) is 0 Å². The predicted molar refractivity (Wildman–Crippen MR) is 90.9 cm³/mol. The third kappa shape index (κ3) is 3.28. The molecule has 1 unspecified atom stereocenters. The van der Waals surface area contributed by atoms with E-state index in [1.54, 1.807) is 0 Å². The minimum atomic E-state index is -3.84. The standard InChI is InChI=1S/C16H17ClFNO6S/c1-5-26(22,23)19(4)15-13(24-9(2)20)14(21)16(3,25-15)10-7-6-8-11(17)12(10)18/h6-8H,5H2,1-4H3. The first-order valence-corrected chi connectivity index (χ1v) is 9.52. The van der Waals surface area contributed by atoms with E-state index in [2.05, 4.69) is 0 Å². The molecule has 1 aromatic rings. The number of sulfonamides is 1. The first kappa shape index (κ1) is 20.2. The number of hydrogen-bond acceptors (Lipinski definition) is 6. The van der Waals surface area contributed by atoms with E-state index in [0.29, 0.717) is 4.31 Å². The van der Waals surface area contributed by atoms with Crippen molar-refractivity contribution in [3.8, 4) is 0 Å². The Bertz CT molecular complexity index is 913. The van der Waals surface area contributed by atoms with Gasteiger partial charge in [0, 0.05) is 19.5 Å². The lowest BCUT2D eigenvalue weighted by Gasteiger charge is -2.26. The fourth-order valence-electron chi connectivity index (χ4n) is 2.41. The number of ketones is 1. The minimum Gasteiger partial charge on any atom is -0.456 e. The quantitative estimate of drug-likeness (QED) is 0.698. The van der Waals surface area contributed by atoms with Crippen LogP contribution in [0.5, 0.6) is 0 Å². The van der Waals surface area contributed by atoms with Crippen molar-refractivity contribution in [2.24, 2.45) is 0 Å². The Morgan fingerprint density at radius 3 is 2.58 bits per heavy atom. The summed E-state index contributed by atoms with van der Waals surface area (Å²) in [6, 6.07) is 3.98. The molecule has 1 aromatic carbocycles. The molecule has 0 radical (unpaired) electrons. The normalized spacial score (nSPS) is 20.2. The molecule has 0 N–H and O–H groups in total. The Morgan fingerprint density at radius 1 is 1.42 bits per heavy atom. The first-order chi connectivity index (χ1) is 12.0. The molecule has 0 fully saturated rings. The van der Waals surface area contributed by atoms with Crippen LogP contribution in [-0.2, 0) is 34.7 Å². The smallest absolute Gasteiger partial charge is 0.308 e. The van der Waals surface area contributed by atoms with Crippen molar-refractivity contribution >= 4 is 33.4 Å². The van der Waals surface area contributed by atoms with Gasteiger partial charge in [0.1, 0.15) is 5.82 Å². The zero-order chi connectivity index (χ0) is 19.9. The number of esters is 1. The Kier molecular flexibility index (Phi) is 5.34. The van der Waals surface area contributed by atoms with Gasteiger partial charge in [-0.05, 0) is 19.9 Å². The highest BCUT2D eigenvalue weighted by molar-refractivity contribution is 7.89. The van der Waals surface area contributed by atoms with Gasteiger partial charge in [-0.15, -0.1) is 0 Å². The van der Waals surface area contributed by atoms with E-state index in [1.165, 1.54) is 32.0 Å². The molecule has 0 bridgehead atoms. The maximum atomic E-state index is 14.5. The summed E-state index contributed by atoms with van der Waals surface area (Å²) in [5.41, 5.74) is -2.16. The molecule has 1 atom stereocenters. The summed E-state index contributed by atoms with van der Waals surface area (Å²) in [7, 11) is -2.69. The molecule has 0 aliphatic carbocycles. The number of rotatable bonds is 5. The molecule has 1 aliphatic heterocycles. The number of halogens is 2. The van der Waals surface area contributed by atoms with Crippen LogP contribution in [0.3, 0.4) is 0 Å². The fraction of sp³-hybridized carbons (Fsp3) is 0.375. The van der Waals surface area contributed by atoms with Crippen LogP contribution < -0.4 is 0 Å². The average molecular weight is 406 g/mol. The van der Waals surface area contributed by atoms with E-state index in [4.69, 9.17) is 21.1 Å². The van der Waals surface area contributed by atoms with Gasteiger partial charge in [0.05, 0.1) is 10.8 Å². The molecule has 1 aliphatic rings. The largest absolute Gasteiger partial charge is 0.456 e. The molecular weight excluding hydrogens is 389 g/mol. The Morgan fingerprint density at radius 2 is 2.04 bits per heavy atom. The van der Waals surface area contributed by atoms with Crippen LogP contribution >= 0.6 is 11.6 Å². The zero-order valence-corrected chi connectivity index (χ0v) is 16.1. The highest BCUT2D eigenvalue weighted by atomic mass is 35.5. The summed E-state index contributed by atoms with van der Waals surface area (Å²) in [4.78, 5) is 24.2. The van der Waals surface area contributed by atoms with Crippen molar-refractivity contribution in [2.75, 3.05) is 12.8 Å². The van der Waals surface area contributed by atoms with Crippen LogP contribution in [-0.4, -0.2) is 37.3 Å². The lowest BCUT2D eigenvalue weighted by Crippen LogP contribution is -2.34. The molecule has 10 heteroatoms. The fourth-order valence-corrected chi connectivity index (χ4v) is 3.34. The van der Waals surface area contributed by atoms with Crippen molar-refractivity contribution in [3.05, 3.63) is 46.2 Å². The van der Waals surface area contributed by atoms with Crippen molar-refractivity contribution in [3.63, 3.8) is 0 Å². The monoisotopic (exact) mass is 405 g/mol. The second-order valence-electron chi connectivity index (χ2n) is 5.66. The summed E-state index contributed by atoms with van der Waals surface area (Å²) in [5, 5.41) is -0.239. The van der Waals surface area contributed by atoms with Crippen LogP contribution in [0.15, 0.2) is 29.8 Å². The molecule has 7 nitrogen and oxygen atoms in total. The molecule has 0 saturated heterocycles. The summed E-state index contributed by atoms with van der Waals surface area (Å²) >= 11 is 5.77. The van der Waals surface area contributed by atoms with Gasteiger partial charge in [0.15, 0.2) is 0 Å². The van der Waals surface area contributed by atoms with E-state index in [-0.39, 0.29) is 16.3 Å². The van der Waals surface area contributed by atoms with Gasteiger partial charge in [0.2, 0.25) is 21.4 Å². The van der Waals surface area contributed by atoms with Crippen LogP contribution in [0.4, 0.5) is 4.39 Å². The lowest BCUT2D eigenvalue weighted by molar-refractivity contribution is -0.142. The lowest BCUT2D eigenvalue weighted by atomic mass is 9.91. The molecule has 26 heavy (non-hydrogen) atoms. The van der Waals surface area contributed by atoms with Crippen molar-refractivity contribution < 1.29 is 31.9 Å². The summed E-state index contributed by atoms with van der Waals surface area (Å²) in [6.45, 7) is 3.68. The highest BCUT2D eigenvalue weighted by Crippen LogP contribution is 2.42. The van der Waals surface area contributed by atoms with Crippen LogP contribution in [0.2, 0.25) is 5.02 Å². The van der Waals surface area contributed by atoms with Gasteiger partial charge in [-0.1, -0.05) is 23.7 Å².